The van der Waals surface area contributed by atoms with Crippen molar-refractivity contribution in [3.63, 3.8) is 0 Å². The molecule has 0 atom stereocenters. The molecule has 19 heavy (non-hydrogen) atoms. The van der Waals surface area contributed by atoms with Crippen LogP contribution in [0.3, 0.4) is 0 Å². The summed E-state index contributed by atoms with van der Waals surface area (Å²) in [6.07, 6.45) is 3.28. The maximum atomic E-state index is 5.22. The number of hydrogen-bond donors (Lipinski definition) is 2. The van der Waals surface area contributed by atoms with Crippen LogP contribution < -0.4 is 15.4 Å². The Labute approximate surface area is 124 Å². The van der Waals surface area contributed by atoms with Crippen LogP contribution in [0.5, 0.6) is 5.75 Å². The average Bonchev–Trinajstić information content (AvgIpc) is 2.42. The van der Waals surface area contributed by atoms with Gasteiger partial charge in [0.1, 0.15) is 5.75 Å². The van der Waals surface area contributed by atoms with Crippen LogP contribution in [0.4, 0.5) is 11.6 Å². The molecule has 0 radical (unpaired) electrons. The molecule has 0 saturated heterocycles. The van der Waals surface area contributed by atoms with Crippen molar-refractivity contribution in [1.82, 2.24) is 9.97 Å². The van der Waals surface area contributed by atoms with Crippen LogP contribution in [-0.4, -0.2) is 22.2 Å². The van der Waals surface area contributed by atoms with E-state index in [9.17, 15) is 0 Å². The predicted octanol–water partition coefficient (Wildman–Crippen LogP) is 3.06. The van der Waals surface area contributed by atoms with Gasteiger partial charge in [-0.15, -0.1) is 0 Å². The van der Waals surface area contributed by atoms with E-state index in [4.69, 9.17) is 17.0 Å². The highest BCUT2D eigenvalue weighted by Gasteiger charge is 2.05. The fourth-order valence-corrected chi connectivity index (χ4v) is 1.79. The summed E-state index contributed by atoms with van der Waals surface area (Å²) in [6.45, 7) is 0. The van der Waals surface area contributed by atoms with Gasteiger partial charge < -0.3 is 15.4 Å². The standard InChI is InChI=1S/C12H11BrN4OS/c1-18-10-5-3-2-4-9(10)16-12(19)17-11-14-6-8(13)7-15-11/h2-7H,1H3,(H2,14,15,16,17,19). The first-order chi connectivity index (χ1) is 9.19. The highest BCUT2D eigenvalue weighted by atomic mass is 79.9. The van der Waals surface area contributed by atoms with Crippen molar-refractivity contribution >= 4 is 44.9 Å². The van der Waals surface area contributed by atoms with Crippen LogP contribution in [0.25, 0.3) is 0 Å². The number of nitrogens with zero attached hydrogens (tertiary/aromatic N) is 2. The van der Waals surface area contributed by atoms with Gasteiger partial charge in [0.2, 0.25) is 5.95 Å². The molecular formula is C12H11BrN4OS. The van der Waals surface area contributed by atoms with Gasteiger partial charge in [0.05, 0.1) is 17.3 Å². The Bertz CT molecular complexity index is 576. The number of halogens is 1. The second-order valence-electron chi connectivity index (χ2n) is 3.50. The summed E-state index contributed by atoms with van der Waals surface area (Å²) >= 11 is 8.46. The van der Waals surface area contributed by atoms with Crippen LogP contribution >= 0.6 is 28.1 Å². The van der Waals surface area contributed by atoms with Crippen LogP contribution in [0.1, 0.15) is 0 Å². The molecule has 2 N–H and O–H groups in total. The number of rotatable bonds is 3. The zero-order chi connectivity index (χ0) is 13.7. The third-order valence-corrected chi connectivity index (χ3v) is 2.81. The number of hydrogen-bond acceptors (Lipinski definition) is 4. The van der Waals surface area contributed by atoms with Gasteiger partial charge in [-0.3, -0.25) is 0 Å². The second kappa shape index (κ2) is 6.44. The third-order valence-electron chi connectivity index (χ3n) is 2.20. The summed E-state index contributed by atoms with van der Waals surface area (Å²) in [6, 6.07) is 7.50. The lowest BCUT2D eigenvalue weighted by atomic mass is 10.3. The van der Waals surface area contributed by atoms with Crippen LogP contribution in [0.15, 0.2) is 41.1 Å². The molecule has 0 saturated carbocycles. The molecule has 2 rings (SSSR count). The summed E-state index contributed by atoms with van der Waals surface area (Å²) < 4.78 is 6.03. The van der Waals surface area contributed by atoms with E-state index in [0.717, 1.165) is 10.2 Å². The molecule has 1 aromatic carbocycles. The summed E-state index contributed by atoms with van der Waals surface area (Å²) in [7, 11) is 1.61. The number of nitrogens with one attached hydrogen (secondary N) is 2. The minimum Gasteiger partial charge on any atom is -0.495 e. The fourth-order valence-electron chi connectivity index (χ4n) is 1.38. The van der Waals surface area contributed by atoms with Gasteiger partial charge in [-0.2, -0.15) is 0 Å². The van der Waals surface area contributed by atoms with Crippen molar-refractivity contribution in [2.75, 3.05) is 17.7 Å². The maximum Gasteiger partial charge on any atom is 0.228 e. The second-order valence-corrected chi connectivity index (χ2v) is 4.83. The van der Waals surface area contributed by atoms with E-state index >= 15 is 0 Å². The first-order valence-corrected chi connectivity index (χ1v) is 6.58. The van der Waals surface area contributed by atoms with Crippen molar-refractivity contribution in [1.29, 1.82) is 0 Å². The first kappa shape index (κ1) is 13.7. The summed E-state index contributed by atoms with van der Waals surface area (Å²) in [5, 5.41) is 6.31. The van der Waals surface area contributed by atoms with Gasteiger partial charge >= 0.3 is 0 Å². The van der Waals surface area contributed by atoms with Crippen molar-refractivity contribution in [2.24, 2.45) is 0 Å². The van der Waals surface area contributed by atoms with Crippen LogP contribution in [0.2, 0.25) is 0 Å². The molecule has 0 aliphatic heterocycles. The fraction of sp³-hybridized carbons (Fsp3) is 0.0833. The molecule has 0 unspecified atom stereocenters. The minimum absolute atomic E-state index is 0.395. The number of benzene rings is 1. The largest absolute Gasteiger partial charge is 0.495 e. The van der Waals surface area contributed by atoms with E-state index in [2.05, 4.69) is 36.5 Å². The number of anilines is 2. The highest BCUT2D eigenvalue weighted by molar-refractivity contribution is 9.10. The number of ether oxygens (including phenoxy) is 1. The van der Waals surface area contributed by atoms with Gasteiger partial charge in [-0.1, -0.05) is 12.1 Å². The van der Waals surface area contributed by atoms with E-state index in [1.54, 1.807) is 19.5 Å². The molecule has 0 fully saturated rings. The molecular weight excluding hydrogens is 328 g/mol. The molecule has 98 valence electrons. The number of methoxy groups -OCH3 is 1. The highest BCUT2D eigenvalue weighted by Crippen LogP contribution is 2.23. The van der Waals surface area contributed by atoms with Crippen molar-refractivity contribution in [3.8, 4) is 5.75 Å². The monoisotopic (exact) mass is 338 g/mol. The van der Waals surface area contributed by atoms with Gasteiger partial charge in [0.25, 0.3) is 0 Å². The molecule has 0 amide bonds. The lowest BCUT2D eigenvalue weighted by Crippen LogP contribution is -2.20. The number of para-hydroxylation sites is 2. The Hall–Kier alpha value is -1.73. The van der Waals surface area contributed by atoms with Crippen LogP contribution in [0, 0.1) is 0 Å². The van der Waals surface area contributed by atoms with Gasteiger partial charge in [0.15, 0.2) is 5.11 Å². The molecule has 1 aromatic heterocycles. The predicted molar refractivity (Wildman–Crippen MR) is 82.6 cm³/mol. The molecule has 7 heteroatoms. The van der Waals surface area contributed by atoms with Crippen molar-refractivity contribution < 1.29 is 4.74 Å². The zero-order valence-electron chi connectivity index (χ0n) is 10.1. The maximum absolute atomic E-state index is 5.22. The zero-order valence-corrected chi connectivity index (χ0v) is 12.5. The minimum atomic E-state index is 0.395. The molecule has 2 aromatic rings. The van der Waals surface area contributed by atoms with Crippen molar-refractivity contribution in [2.45, 2.75) is 0 Å². The quantitative estimate of drug-likeness (QED) is 0.839. The normalized spacial score (nSPS) is 9.79. The Morgan fingerprint density at radius 3 is 2.58 bits per heavy atom. The van der Waals surface area contributed by atoms with Gasteiger partial charge in [-0.05, 0) is 40.3 Å². The number of aromatic nitrogens is 2. The van der Waals surface area contributed by atoms with E-state index in [-0.39, 0.29) is 0 Å². The molecule has 0 spiro atoms. The lowest BCUT2D eigenvalue weighted by Gasteiger charge is -2.12. The Balaban J connectivity index is 2.03. The molecule has 0 aliphatic carbocycles. The summed E-state index contributed by atoms with van der Waals surface area (Å²) in [4.78, 5) is 8.15. The van der Waals surface area contributed by atoms with Crippen molar-refractivity contribution in [3.05, 3.63) is 41.1 Å². The first-order valence-electron chi connectivity index (χ1n) is 5.37. The van der Waals surface area contributed by atoms with E-state index in [1.165, 1.54) is 0 Å². The number of thiocarbonyl (C=S) groups is 1. The molecule has 1 heterocycles. The molecule has 0 bridgehead atoms. The Morgan fingerprint density at radius 2 is 1.89 bits per heavy atom. The van der Waals surface area contributed by atoms with E-state index in [0.29, 0.717) is 16.8 Å². The summed E-state index contributed by atoms with van der Waals surface area (Å²) in [5.41, 5.74) is 0.777. The summed E-state index contributed by atoms with van der Waals surface area (Å²) in [5.74, 6) is 1.14. The third kappa shape index (κ3) is 3.87. The SMILES string of the molecule is COc1ccccc1NC(=S)Nc1ncc(Br)cn1. The Morgan fingerprint density at radius 1 is 1.21 bits per heavy atom. The topological polar surface area (TPSA) is 59.1 Å². The average molecular weight is 339 g/mol. The molecule has 5 nitrogen and oxygen atoms in total. The van der Waals surface area contributed by atoms with Gasteiger partial charge in [-0.25, -0.2) is 9.97 Å². The smallest absolute Gasteiger partial charge is 0.228 e. The van der Waals surface area contributed by atoms with E-state index in [1.807, 2.05) is 24.3 Å². The lowest BCUT2D eigenvalue weighted by molar-refractivity contribution is 0.417. The Kier molecular flexibility index (Phi) is 4.64. The van der Waals surface area contributed by atoms with Crippen LogP contribution in [-0.2, 0) is 0 Å². The van der Waals surface area contributed by atoms with E-state index < -0.39 is 0 Å². The van der Waals surface area contributed by atoms with Gasteiger partial charge in [0, 0.05) is 12.4 Å². The molecule has 0 aliphatic rings.